The van der Waals surface area contributed by atoms with E-state index < -0.39 is 0 Å². The monoisotopic (exact) mass is 224 g/mol. The van der Waals surface area contributed by atoms with Gasteiger partial charge in [-0.05, 0) is 25.0 Å². The molecule has 88 valence electrons. The quantitative estimate of drug-likeness (QED) is 0.648. The summed E-state index contributed by atoms with van der Waals surface area (Å²) >= 11 is 0. The summed E-state index contributed by atoms with van der Waals surface area (Å²) in [6.45, 7) is 0.675. The first-order valence-electron chi connectivity index (χ1n) is 5.36. The van der Waals surface area contributed by atoms with Crippen LogP contribution >= 0.6 is 0 Å². The first kappa shape index (κ1) is 11.2. The van der Waals surface area contributed by atoms with Crippen molar-refractivity contribution in [1.82, 2.24) is 10.3 Å². The van der Waals surface area contributed by atoms with E-state index in [-0.39, 0.29) is 12.1 Å². The van der Waals surface area contributed by atoms with Crippen LogP contribution in [0.25, 0.3) is 0 Å². The first-order chi connectivity index (χ1) is 7.69. The van der Waals surface area contributed by atoms with Gasteiger partial charge in [0.05, 0.1) is 13.2 Å². The average Bonchev–Trinajstić information content (AvgIpc) is 2.70. The van der Waals surface area contributed by atoms with Crippen molar-refractivity contribution in [2.45, 2.75) is 31.5 Å². The van der Waals surface area contributed by atoms with E-state index >= 15 is 0 Å². The highest BCUT2D eigenvalue weighted by molar-refractivity contribution is 5.87. The van der Waals surface area contributed by atoms with Crippen molar-refractivity contribution in [3.05, 3.63) is 23.5 Å². The SMILES string of the molecule is COC(=O)c1ccc(CNC2CC(O)C2)[nH]1. The Morgan fingerprint density at radius 1 is 1.62 bits per heavy atom. The molecule has 0 bridgehead atoms. The maximum Gasteiger partial charge on any atom is 0.354 e. The molecule has 0 atom stereocenters. The third-order valence-electron chi connectivity index (χ3n) is 2.85. The third kappa shape index (κ3) is 2.43. The van der Waals surface area contributed by atoms with Gasteiger partial charge in [-0.15, -0.1) is 0 Å². The van der Waals surface area contributed by atoms with E-state index in [9.17, 15) is 4.79 Å². The van der Waals surface area contributed by atoms with Crippen LogP contribution in [0.3, 0.4) is 0 Å². The summed E-state index contributed by atoms with van der Waals surface area (Å²) < 4.78 is 4.60. The van der Waals surface area contributed by atoms with Crippen LogP contribution in [0.4, 0.5) is 0 Å². The summed E-state index contributed by atoms with van der Waals surface area (Å²) in [6, 6.07) is 3.95. The maximum atomic E-state index is 11.2. The van der Waals surface area contributed by atoms with E-state index in [0.29, 0.717) is 18.3 Å². The molecule has 0 radical (unpaired) electrons. The molecule has 1 aliphatic rings. The van der Waals surface area contributed by atoms with Crippen molar-refractivity contribution in [2.75, 3.05) is 7.11 Å². The summed E-state index contributed by atoms with van der Waals surface area (Å²) in [5.74, 6) is -0.356. The van der Waals surface area contributed by atoms with E-state index in [2.05, 4.69) is 15.0 Å². The van der Waals surface area contributed by atoms with E-state index in [1.807, 2.05) is 6.07 Å². The Bertz CT molecular complexity index is 369. The molecule has 1 fully saturated rings. The highest BCUT2D eigenvalue weighted by Gasteiger charge is 2.26. The predicted molar refractivity (Wildman–Crippen MR) is 58.0 cm³/mol. The van der Waals surface area contributed by atoms with E-state index in [0.717, 1.165) is 18.5 Å². The second-order valence-corrected chi connectivity index (χ2v) is 4.09. The highest BCUT2D eigenvalue weighted by atomic mass is 16.5. The Kier molecular flexibility index (Phi) is 3.26. The van der Waals surface area contributed by atoms with Gasteiger partial charge in [-0.25, -0.2) is 4.79 Å². The Morgan fingerprint density at radius 2 is 2.38 bits per heavy atom. The molecule has 0 unspecified atom stereocenters. The van der Waals surface area contributed by atoms with Crippen LogP contribution in [0.5, 0.6) is 0 Å². The molecule has 1 aromatic heterocycles. The highest BCUT2D eigenvalue weighted by Crippen LogP contribution is 2.19. The van der Waals surface area contributed by atoms with Crippen LogP contribution < -0.4 is 5.32 Å². The number of carbonyl (C=O) groups is 1. The summed E-state index contributed by atoms with van der Waals surface area (Å²) in [5, 5.41) is 12.4. The predicted octanol–water partition coefficient (Wildman–Crippen LogP) is 0.414. The smallest absolute Gasteiger partial charge is 0.354 e. The number of methoxy groups -OCH3 is 1. The van der Waals surface area contributed by atoms with Crippen molar-refractivity contribution in [3.63, 3.8) is 0 Å². The molecule has 1 aromatic rings. The standard InChI is InChI=1S/C11H16N2O3/c1-16-11(15)10-3-2-7(13-10)6-12-8-4-9(14)5-8/h2-3,8-9,12-14H,4-6H2,1H3. The van der Waals surface area contributed by atoms with Gasteiger partial charge >= 0.3 is 5.97 Å². The van der Waals surface area contributed by atoms with Gasteiger partial charge in [0.25, 0.3) is 0 Å². The van der Waals surface area contributed by atoms with Crippen LogP contribution in [0.1, 0.15) is 29.0 Å². The lowest BCUT2D eigenvalue weighted by molar-refractivity contribution is 0.0594. The number of hydrogen-bond donors (Lipinski definition) is 3. The van der Waals surface area contributed by atoms with Gasteiger partial charge in [-0.2, -0.15) is 0 Å². The number of carbonyl (C=O) groups excluding carboxylic acids is 1. The van der Waals surface area contributed by atoms with Gasteiger partial charge in [0.1, 0.15) is 5.69 Å². The van der Waals surface area contributed by atoms with E-state index in [1.54, 1.807) is 6.07 Å². The molecule has 0 saturated heterocycles. The summed E-state index contributed by atoms with van der Waals surface area (Å²) in [7, 11) is 1.36. The molecule has 3 N–H and O–H groups in total. The van der Waals surface area contributed by atoms with Crippen LogP contribution in [0.2, 0.25) is 0 Å². The topological polar surface area (TPSA) is 74.3 Å². The van der Waals surface area contributed by atoms with E-state index in [1.165, 1.54) is 7.11 Å². The number of ether oxygens (including phenoxy) is 1. The zero-order valence-electron chi connectivity index (χ0n) is 9.19. The van der Waals surface area contributed by atoms with Gasteiger partial charge in [-0.3, -0.25) is 0 Å². The minimum atomic E-state index is -0.356. The number of aromatic nitrogens is 1. The number of rotatable bonds is 4. The summed E-state index contributed by atoms with van der Waals surface area (Å²) in [4.78, 5) is 14.1. The zero-order valence-corrected chi connectivity index (χ0v) is 9.19. The second-order valence-electron chi connectivity index (χ2n) is 4.09. The Morgan fingerprint density at radius 3 is 3.00 bits per heavy atom. The number of aromatic amines is 1. The molecule has 5 nitrogen and oxygen atoms in total. The minimum absolute atomic E-state index is 0.147. The number of aliphatic hydroxyl groups is 1. The van der Waals surface area contributed by atoms with Crippen molar-refractivity contribution in [1.29, 1.82) is 0 Å². The molecule has 1 saturated carbocycles. The summed E-state index contributed by atoms with van der Waals surface area (Å²) in [6.07, 6.45) is 1.47. The van der Waals surface area contributed by atoms with E-state index in [4.69, 9.17) is 5.11 Å². The van der Waals surface area contributed by atoms with Crippen molar-refractivity contribution in [2.24, 2.45) is 0 Å². The van der Waals surface area contributed by atoms with Crippen molar-refractivity contribution >= 4 is 5.97 Å². The van der Waals surface area contributed by atoms with Gasteiger partial charge in [0.15, 0.2) is 0 Å². The fraction of sp³-hybridized carbons (Fsp3) is 0.545. The fourth-order valence-electron chi connectivity index (χ4n) is 1.78. The first-order valence-corrected chi connectivity index (χ1v) is 5.36. The Labute approximate surface area is 93.8 Å². The molecular weight excluding hydrogens is 208 g/mol. The average molecular weight is 224 g/mol. The molecule has 0 amide bonds. The van der Waals surface area contributed by atoms with Crippen LogP contribution in [0.15, 0.2) is 12.1 Å². The lowest BCUT2D eigenvalue weighted by Gasteiger charge is -2.32. The van der Waals surface area contributed by atoms with Crippen molar-refractivity contribution < 1.29 is 14.6 Å². The number of nitrogens with one attached hydrogen (secondary N) is 2. The molecule has 0 spiro atoms. The molecule has 0 aliphatic heterocycles. The number of aliphatic hydroxyl groups excluding tert-OH is 1. The molecule has 1 heterocycles. The molecular formula is C11H16N2O3. The zero-order chi connectivity index (χ0) is 11.5. The van der Waals surface area contributed by atoms with Gasteiger partial charge in [0.2, 0.25) is 0 Å². The molecule has 0 aromatic carbocycles. The van der Waals surface area contributed by atoms with Gasteiger partial charge in [-0.1, -0.05) is 0 Å². The van der Waals surface area contributed by atoms with Gasteiger partial charge in [0, 0.05) is 18.3 Å². The van der Waals surface area contributed by atoms with Crippen LogP contribution in [-0.2, 0) is 11.3 Å². The number of hydrogen-bond acceptors (Lipinski definition) is 4. The van der Waals surface area contributed by atoms with Crippen LogP contribution in [0, 0.1) is 0 Å². The lowest BCUT2D eigenvalue weighted by atomic mass is 9.89. The normalized spacial score (nSPS) is 23.9. The van der Waals surface area contributed by atoms with Crippen molar-refractivity contribution in [3.8, 4) is 0 Å². The summed E-state index contributed by atoms with van der Waals surface area (Å²) in [5.41, 5.74) is 1.41. The maximum absolute atomic E-state index is 11.2. The van der Waals surface area contributed by atoms with Gasteiger partial charge < -0.3 is 20.1 Å². The second kappa shape index (κ2) is 4.67. The molecule has 1 aliphatic carbocycles. The largest absolute Gasteiger partial charge is 0.464 e. The Hall–Kier alpha value is -1.33. The third-order valence-corrected chi connectivity index (χ3v) is 2.85. The Balaban J connectivity index is 1.81. The fourth-order valence-corrected chi connectivity index (χ4v) is 1.78. The number of esters is 1. The molecule has 16 heavy (non-hydrogen) atoms. The number of H-pyrrole nitrogens is 1. The molecule has 5 heteroatoms. The lowest BCUT2D eigenvalue weighted by Crippen LogP contribution is -2.43. The van der Waals surface area contributed by atoms with Crippen LogP contribution in [-0.4, -0.2) is 35.3 Å². The molecule has 2 rings (SSSR count). The minimum Gasteiger partial charge on any atom is -0.464 e.